The van der Waals surface area contributed by atoms with E-state index in [1.165, 1.54) is 4.90 Å². The molecule has 0 radical (unpaired) electrons. The van der Waals surface area contributed by atoms with Crippen LogP contribution < -0.4 is 14.8 Å². The largest absolute Gasteiger partial charge is 0.473 e. The number of benzene rings is 3. The number of aromatic nitrogens is 1. The van der Waals surface area contributed by atoms with Gasteiger partial charge in [0.1, 0.15) is 30.5 Å². The predicted octanol–water partition coefficient (Wildman–Crippen LogP) is 7.03. The lowest BCUT2D eigenvalue weighted by atomic mass is 9.98. The van der Waals surface area contributed by atoms with E-state index in [4.69, 9.17) is 14.6 Å². The Morgan fingerprint density at radius 3 is 2.17 bits per heavy atom. The average molecular weight is 544 g/mol. The third-order valence-corrected chi connectivity index (χ3v) is 6.43. The highest BCUT2D eigenvalue weighted by atomic mass is 19.1. The van der Waals surface area contributed by atoms with Crippen LogP contribution in [0.3, 0.4) is 0 Å². The van der Waals surface area contributed by atoms with Gasteiger partial charge in [-0.1, -0.05) is 66.7 Å². The number of amides is 1. The molecule has 0 fully saturated rings. The van der Waals surface area contributed by atoms with Gasteiger partial charge in [0.05, 0.1) is 5.69 Å². The van der Waals surface area contributed by atoms with Crippen LogP contribution in [0, 0.1) is 11.6 Å². The first kappa shape index (κ1) is 26.7. The third-order valence-electron chi connectivity index (χ3n) is 6.43. The Morgan fingerprint density at radius 2 is 1.55 bits per heavy atom. The molecule has 0 saturated carbocycles. The number of anilines is 2. The zero-order valence-corrected chi connectivity index (χ0v) is 21.5. The summed E-state index contributed by atoms with van der Waals surface area (Å²) in [7, 11) is 0. The second-order valence-corrected chi connectivity index (χ2v) is 9.20. The van der Waals surface area contributed by atoms with Crippen LogP contribution in [-0.2, 0) is 13.2 Å². The van der Waals surface area contributed by atoms with Gasteiger partial charge in [0.15, 0.2) is 0 Å². The minimum atomic E-state index is -1.04. The topological polar surface area (TPSA) is 83.9 Å². The standard InChI is InChI=1S/C31H27F2N3O4/c32-25-18-28(26(33)17-24(25)23-13-15-36(16-14-23)31(37)38)34-27-11-12-29(39-19-21-7-3-1-4-8-21)35-30(27)40-20-22-9-5-2-6-10-22/h1-13,17-18,34H,14-16,19-20H2,(H,37,38). The fourth-order valence-electron chi connectivity index (χ4n) is 4.29. The number of nitrogens with one attached hydrogen (secondary N) is 1. The highest BCUT2D eigenvalue weighted by molar-refractivity contribution is 5.74. The van der Waals surface area contributed by atoms with E-state index >= 15 is 8.78 Å². The second-order valence-electron chi connectivity index (χ2n) is 9.20. The molecule has 204 valence electrons. The van der Waals surface area contributed by atoms with E-state index in [2.05, 4.69) is 10.3 Å². The quantitative estimate of drug-likeness (QED) is 0.236. The molecule has 0 aliphatic carbocycles. The Bertz CT molecular complexity index is 1510. The number of carboxylic acid groups (broad SMARTS) is 1. The van der Waals surface area contributed by atoms with E-state index in [0.29, 0.717) is 30.2 Å². The van der Waals surface area contributed by atoms with Crippen molar-refractivity contribution >= 4 is 23.0 Å². The summed E-state index contributed by atoms with van der Waals surface area (Å²) in [5.74, 6) is -0.806. The highest BCUT2D eigenvalue weighted by Gasteiger charge is 2.21. The first-order valence-corrected chi connectivity index (χ1v) is 12.7. The Balaban J connectivity index is 1.37. The molecule has 3 aromatic carbocycles. The average Bonchev–Trinajstić information content (AvgIpc) is 2.98. The molecule has 0 bridgehead atoms. The van der Waals surface area contributed by atoms with Crippen molar-refractivity contribution < 1.29 is 28.2 Å². The van der Waals surface area contributed by atoms with Gasteiger partial charge < -0.3 is 24.8 Å². The smallest absolute Gasteiger partial charge is 0.407 e. The summed E-state index contributed by atoms with van der Waals surface area (Å²) in [4.78, 5) is 16.8. The van der Waals surface area contributed by atoms with E-state index in [1.54, 1.807) is 18.2 Å². The number of rotatable bonds is 9. The van der Waals surface area contributed by atoms with Gasteiger partial charge >= 0.3 is 6.09 Å². The van der Waals surface area contributed by atoms with Gasteiger partial charge in [0.2, 0.25) is 11.8 Å². The van der Waals surface area contributed by atoms with Crippen molar-refractivity contribution in [2.45, 2.75) is 19.6 Å². The summed E-state index contributed by atoms with van der Waals surface area (Å²) in [6.07, 6.45) is 0.856. The Morgan fingerprint density at radius 1 is 0.875 bits per heavy atom. The minimum Gasteiger partial charge on any atom is -0.473 e. The molecule has 1 aromatic heterocycles. The molecular weight excluding hydrogens is 516 g/mol. The maximum Gasteiger partial charge on any atom is 0.407 e. The lowest BCUT2D eigenvalue weighted by molar-refractivity contribution is 0.150. The van der Waals surface area contributed by atoms with E-state index in [-0.39, 0.29) is 36.8 Å². The van der Waals surface area contributed by atoms with Crippen molar-refractivity contribution in [1.82, 2.24) is 9.88 Å². The summed E-state index contributed by atoms with van der Waals surface area (Å²) in [6.45, 7) is 0.856. The fraction of sp³-hybridized carbons (Fsp3) is 0.161. The summed E-state index contributed by atoms with van der Waals surface area (Å²) < 4.78 is 42.1. The van der Waals surface area contributed by atoms with Crippen LogP contribution in [0.4, 0.5) is 25.0 Å². The van der Waals surface area contributed by atoms with Gasteiger partial charge in [0, 0.05) is 30.8 Å². The van der Waals surface area contributed by atoms with E-state index in [9.17, 15) is 4.79 Å². The monoisotopic (exact) mass is 543 g/mol. The predicted molar refractivity (Wildman–Crippen MR) is 148 cm³/mol. The van der Waals surface area contributed by atoms with Crippen LogP contribution >= 0.6 is 0 Å². The van der Waals surface area contributed by atoms with Crippen LogP contribution in [-0.4, -0.2) is 34.2 Å². The highest BCUT2D eigenvalue weighted by Crippen LogP contribution is 2.33. The van der Waals surface area contributed by atoms with Gasteiger partial charge in [-0.25, -0.2) is 13.6 Å². The molecule has 0 unspecified atom stereocenters. The first-order valence-electron chi connectivity index (χ1n) is 12.7. The van der Waals surface area contributed by atoms with Crippen LogP contribution in [0.25, 0.3) is 5.57 Å². The zero-order valence-electron chi connectivity index (χ0n) is 21.5. The molecule has 7 nitrogen and oxygen atoms in total. The molecule has 0 spiro atoms. The van der Waals surface area contributed by atoms with Crippen molar-refractivity contribution in [3.05, 3.63) is 119 Å². The molecule has 4 aromatic rings. The maximum absolute atomic E-state index is 15.2. The van der Waals surface area contributed by atoms with Gasteiger partial charge in [0.25, 0.3) is 0 Å². The Kier molecular flexibility index (Phi) is 8.20. The van der Waals surface area contributed by atoms with Gasteiger partial charge in [-0.2, -0.15) is 4.98 Å². The van der Waals surface area contributed by atoms with Crippen LogP contribution in [0.15, 0.2) is 91.0 Å². The molecule has 9 heteroatoms. The minimum absolute atomic E-state index is 0.0888. The van der Waals surface area contributed by atoms with Crippen LogP contribution in [0.2, 0.25) is 0 Å². The SMILES string of the molecule is O=C(O)N1CC=C(c2cc(F)c(Nc3ccc(OCc4ccccc4)nc3OCc3ccccc3)cc2F)CC1. The number of nitrogens with zero attached hydrogens (tertiary/aromatic N) is 2. The summed E-state index contributed by atoms with van der Waals surface area (Å²) in [5, 5.41) is 12.0. The molecule has 5 rings (SSSR count). The van der Waals surface area contributed by atoms with Crippen molar-refractivity contribution in [3.8, 4) is 11.8 Å². The fourth-order valence-corrected chi connectivity index (χ4v) is 4.29. The molecular formula is C31H27F2N3O4. The number of carbonyl (C=O) groups is 1. The third kappa shape index (κ3) is 6.55. The molecule has 2 N–H and O–H groups in total. The molecule has 1 aliphatic rings. The van der Waals surface area contributed by atoms with Crippen LogP contribution in [0.1, 0.15) is 23.1 Å². The number of hydrogen-bond acceptors (Lipinski definition) is 5. The molecule has 0 atom stereocenters. The Labute approximate surface area is 230 Å². The lowest BCUT2D eigenvalue weighted by Crippen LogP contribution is -2.33. The number of halogens is 2. The van der Waals surface area contributed by atoms with Crippen LogP contribution in [0.5, 0.6) is 11.8 Å². The normalized spacial score (nSPS) is 12.9. The van der Waals surface area contributed by atoms with Gasteiger partial charge in [-0.15, -0.1) is 0 Å². The molecule has 40 heavy (non-hydrogen) atoms. The molecule has 1 amide bonds. The lowest BCUT2D eigenvalue weighted by Gasteiger charge is -2.24. The van der Waals surface area contributed by atoms with Crippen molar-refractivity contribution in [2.75, 3.05) is 18.4 Å². The second kappa shape index (κ2) is 12.3. The van der Waals surface area contributed by atoms with Crippen molar-refractivity contribution in [2.24, 2.45) is 0 Å². The number of hydrogen-bond donors (Lipinski definition) is 2. The molecule has 0 saturated heterocycles. The molecule has 2 heterocycles. The Hall–Kier alpha value is -4.92. The summed E-state index contributed by atoms with van der Waals surface area (Å²) in [5.41, 5.74) is 2.80. The first-order chi connectivity index (χ1) is 19.5. The van der Waals surface area contributed by atoms with Gasteiger partial charge in [-0.3, -0.25) is 0 Å². The summed E-state index contributed by atoms with van der Waals surface area (Å²) >= 11 is 0. The number of pyridine rings is 1. The van der Waals surface area contributed by atoms with Gasteiger partial charge in [-0.05, 0) is 35.3 Å². The maximum atomic E-state index is 15.2. The summed E-state index contributed by atoms with van der Waals surface area (Å²) in [6, 6.07) is 24.6. The van der Waals surface area contributed by atoms with E-state index in [0.717, 1.165) is 23.3 Å². The number of ether oxygens (including phenoxy) is 2. The van der Waals surface area contributed by atoms with Crippen molar-refractivity contribution in [1.29, 1.82) is 0 Å². The van der Waals surface area contributed by atoms with E-state index in [1.807, 2.05) is 60.7 Å². The zero-order chi connectivity index (χ0) is 27.9. The molecule has 1 aliphatic heterocycles. The van der Waals surface area contributed by atoms with Crippen molar-refractivity contribution in [3.63, 3.8) is 0 Å². The van der Waals surface area contributed by atoms with E-state index < -0.39 is 17.7 Å².